The number of carbonyl (C=O) groups is 1. The molecule has 1 N–H and O–H groups in total. The Kier molecular flexibility index (Phi) is 6.27. The number of anilines is 1. The first kappa shape index (κ1) is 20.5. The van der Waals surface area contributed by atoms with Crippen LogP contribution >= 0.6 is 11.8 Å². The van der Waals surface area contributed by atoms with Crippen LogP contribution in [0.2, 0.25) is 0 Å². The summed E-state index contributed by atoms with van der Waals surface area (Å²) in [4.78, 5) is 12.2. The second-order valence-corrected chi connectivity index (χ2v) is 6.53. The van der Waals surface area contributed by atoms with Crippen molar-refractivity contribution in [2.45, 2.75) is 18.1 Å². The van der Waals surface area contributed by atoms with Gasteiger partial charge in [-0.15, -0.1) is 29.9 Å². The highest BCUT2D eigenvalue weighted by molar-refractivity contribution is 7.99. The summed E-state index contributed by atoms with van der Waals surface area (Å²) in [6, 6.07) is 8.35. The lowest BCUT2D eigenvalue weighted by Crippen LogP contribution is -2.17. The minimum atomic E-state index is -4.77. The van der Waals surface area contributed by atoms with Gasteiger partial charge in [-0.3, -0.25) is 9.36 Å². The number of hydrogen-bond donors (Lipinski definition) is 1. The summed E-state index contributed by atoms with van der Waals surface area (Å²) in [5, 5.41) is 11.3. The number of alkyl halides is 3. The van der Waals surface area contributed by atoms with Crippen LogP contribution in [0.5, 0.6) is 5.75 Å². The summed E-state index contributed by atoms with van der Waals surface area (Å²) in [6.45, 7) is 4.13. The van der Waals surface area contributed by atoms with E-state index in [1.807, 2.05) is 0 Å². The van der Waals surface area contributed by atoms with Gasteiger partial charge in [0.15, 0.2) is 10.9 Å². The third kappa shape index (κ3) is 5.64. The zero-order chi connectivity index (χ0) is 20.9. The van der Waals surface area contributed by atoms with E-state index in [9.17, 15) is 18.0 Å². The summed E-state index contributed by atoms with van der Waals surface area (Å²) >= 11 is 1.16. The lowest BCUT2D eigenvalue weighted by Gasteiger charge is -2.10. The number of furan rings is 1. The fourth-order valence-corrected chi connectivity index (χ4v) is 3.09. The highest BCUT2D eigenvalue weighted by Gasteiger charge is 2.31. The van der Waals surface area contributed by atoms with Crippen LogP contribution in [0.3, 0.4) is 0 Å². The standard InChI is InChI=1S/C18H15F3N4O3S/c1-2-9-25-16(14-4-3-10-27-14)23-24-17(25)29-11-15(26)22-12-5-7-13(8-6-12)28-18(19,20)21/h2-8,10H,1,9,11H2,(H,22,26). The molecule has 0 unspecified atom stereocenters. The number of thioether (sulfide) groups is 1. The average Bonchev–Trinajstić information content (AvgIpc) is 3.30. The largest absolute Gasteiger partial charge is 0.573 e. The van der Waals surface area contributed by atoms with Gasteiger partial charge in [0.05, 0.1) is 12.0 Å². The van der Waals surface area contributed by atoms with Crippen molar-refractivity contribution in [3.8, 4) is 17.3 Å². The van der Waals surface area contributed by atoms with Crippen molar-refractivity contribution in [2.24, 2.45) is 0 Å². The number of rotatable bonds is 8. The molecular formula is C18H15F3N4O3S. The van der Waals surface area contributed by atoms with Gasteiger partial charge >= 0.3 is 6.36 Å². The van der Waals surface area contributed by atoms with Crippen molar-refractivity contribution < 1.29 is 27.1 Å². The smallest absolute Gasteiger partial charge is 0.461 e. The van der Waals surface area contributed by atoms with Crippen molar-refractivity contribution in [3.63, 3.8) is 0 Å². The number of hydrogen-bond acceptors (Lipinski definition) is 6. The number of nitrogens with one attached hydrogen (secondary N) is 1. The zero-order valence-electron chi connectivity index (χ0n) is 14.8. The number of allylic oxidation sites excluding steroid dienone is 1. The van der Waals surface area contributed by atoms with E-state index in [1.54, 1.807) is 22.8 Å². The summed E-state index contributed by atoms with van der Waals surface area (Å²) in [7, 11) is 0. The SMILES string of the molecule is C=CCn1c(SCC(=O)Nc2ccc(OC(F)(F)F)cc2)nnc1-c1ccco1. The van der Waals surface area contributed by atoms with E-state index in [0.717, 1.165) is 23.9 Å². The quantitative estimate of drug-likeness (QED) is 0.428. The number of benzene rings is 1. The van der Waals surface area contributed by atoms with Crippen LogP contribution in [0.15, 0.2) is 64.9 Å². The Hall–Kier alpha value is -3.21. The molecule has 0 saturated heterocycles. The van der Waals surface area contributed by atoms with Crippen molar-refractivity contribution in [3.05, 3.63) is 55.3 Å². The fraction of sp³-hybridized carbons (Fsp3) is 0.167. The molecule has 3 rings (SSSR count). The molecular weight excluding hydrogens is 409 g/mol. The summed E-state index contributed by atoms with van der Waals surface area (Å²) < 4.78 is 47.4. The Morgan fingerprint density at radius 2 is 2.03 bits per heavy atom. The number of ether oxygens (including phenoxy) is 1. The molecule has 152 valence electrons. The first-order valence-corrected chi connectivity index (χ1v) is 9.20. The van der Waals surface area contributed by atoms with Gasteiger partial charge in [-0.25, -0.2) is 0 Å². The van der Waals surface area contributed by atoms with Gasteiger partial charge in [0.1, 0.15) is 5.75 Å². The number of halogens is 3. The molecule has 11 heteroatoms. The van der Waals surface area contributed by atoms with Crippen LogP contribution in [0.25, 0.3) is 11.6 Å². The Morgan fingerprint density at radius 1 is 1.28 bits per heavy atom. The molecule has 29 heavy (non-hydrogen) atoms. The van der Waals surface area contributed by atoms with Gasteiger partial charge in [-0.2, -0.15) is 0 Å². The summed E-state index contributed by atoms with van der Waals surface area (Å²) in [5.74, 6) is 0.351. The van der Waals surface area contributed by atoms with Crippen LogP contribution in [0.4, 0.5) is 18.9 Å². The Balaban J connectivity index is 1.60. The fourth-order valence-electron chi connectivity index (χ4n) is 2.34. The van der Waals surface area contributed by atoms with Crippen LogP contribution in [-0.4, -0.2) is 32.8 Å². The molecule has 0 bridgehead atoms. The molecule has 0 aliphatic heterocycles. The molecule has 0 fully saturated rings. The molecule has 2 aromatic heterocycles. The molecule has 0 aliphatic carbocycles. The van der Waals surface area contributed by atoms with Gasteiger partial charge in [0.25, 0.3) is 0 Å². The number of nitrogens with zero attached hydrogens (tertiary/aromatic N) is 3. The van der Waals surface area contributed by atoms with Gasteiger partial charge in [0, 0.05) is 12.2 Å². The second kappa shape index (κ2) is 8.86. The molecule has 0 atom stereocenters. The molecule has 2 heterocycles. The van der Waals surface area contributed by atoms with Gasteiger partial charge < -0.3 is 14.5 Å². The third-order valence-electron chi connectivity index (χ3n) is 3.47. The van der Waals surface area contributed by atoms with Crippen LogP contribution in [0, 0.1) is 0 Å². The summed E-state index contributed by atoms with van der Waals surface area (Å²) in [5.41, 5.74) is 0.342. The van der Waals surface area contributed by atoms with Crippen molar-refractivity contribution in [1.82, 2.24) is 14.8 Å². The van der Waals surface area contributed by atoms with Gasteiger partial charge in [-0.1, -0.05) is 17.8 Å². The Bertz CT molecular complexity index is 969. The van der Waals surface area contributed by atoms with E-state index in [1.165, 1.54) is 18.4 Å². The van der Waals surface area contributed by atoms with Gasteiger partial charge in [0.2, 0.25) is 11.7 Å². The van der Waals surface area contributed by atoms with E-state index in [-0.39, 0.29) is 17.4 Å². The van der Waals surface area contributed by atoms with Crippen LogP contribution in [-0.2, 0) is 11.3 Å². The summed E-state index contributed by atoms with van der Waals surface area (Å²) in [6.07, 6.45) is -1.57. The van der Waals surface area contributed by atoms with Crippen LogP contribution < -0.4 is 10.1 Å². The van der Waals surface area contributed by atoms with Crippen molar-refractivity contribution in [1.29, 1.82) is 0 Å². The predicted molar refractivity (Wildman–Crippen MR) is 100 cm³/mol. The minimum Gasteiger partial charge on any atom is -0.461 e. The first-order chi connectivity index (χ1) is 13.9. The van der Waals surface area contributed by atoms with Crippen molar-refractivity contribution in [2.75, 3.05) is 11.1 Å². The highest BCUT2D eigenvalue weighted by Crippen LogP contribution is 2.26. The van der Waals surface area contributed by atoms with Crippen molar-refractivity contribution >= 4 is 23.4 Å². The van der Waals surface area contributed by atoms with E-state index in [0.29, 0.717) is 29.0 Å². The molecule has 0 radical (unpaired) electrons. The number of amides is 1. The molecule has 0 spiro atoms. The van der Waals surface area contributed by atoms with E-state index in [2.05, 4.69) is 26.8 Å². The predicted octanol–water partition coefficient (Wildman–Crippen LogP) is 4.35. The zero-order valence-corrected chi connectivity index (χ0v) is 15.7. The second-order valence-electron chi connectivity index (χ2n) is 5.59. The maximum Gasteiger partial charge on any atom is 0.573 e. The topological polar surface area (TPSA) is 82.2 Å². The molecule has 0 saturated carbocycles. The molecule has 0 aliphatic rings. The van der Waals surface area contributed by atoms with Crippen LogP contribution in [0.1, 0.15) is 0 Å². The molecule has 3 aromatic rings. The molecule has 1 aromatic carbocycles. The normalized spacial score (nSPS) is 11.3. The number of carbonyl (C=O) groups excluding carboxylic acids is 1. The number of aromatic nitrogens is 3. The van der Waals surface area contributed by atoms with Gasteiger partial charge in [-0.05, 0) is 36.4 Å². The third-order valence-corrected chi connectivity index (χ3v) is 4.44. The lowest BCUT2D eigenvalue weighted by atomic mass is 10.3. The molecule has 7 nitrogen and oxygen atoms in total. The maximum absolute atomic E-state index is 12.2. The minimum absolute atomic E-state index is 0.0221. The Morgan fingerprint density at radius 3 is 2.66 bits per heavy atom. The Labute approximate surface area is 167 Å². The maximum atomic E-state index is 12.2. The van der Waals surface area contributed by atoms with E-state index in [4.69, 9.17) is 4.42 Å². The first-order valence-electron chi connectivity index (χ1n) is 8.22. The van der Waals surface area contributed by atoms with E-state index >= 15 is 0 Å². The lowest BCUT2D eigenvalue weighted by molar-refractivity contribution is -0.274. The average molecular weight is 424 g/mol. The highest BCUT2D eigenvalue weighted by atomic mass is 32.2. The monoisotopic (exact) mass is 424 g/mol. The molecule has 1 amide bonds. The van der Waals surface area contributed by atoms with E-state index < -0.39 is 6.36 Å².